The average molecular weight is 421 g/mol. The van der Waals surface area contributed by atoms with Crippen LogP contribution in [0.5, 0.6) is 5.75 Å². The van der Waals surface area contributed by atoms with E-state index in [2.05, 4.69) is 5.09 Å². The highest BCUT2D eigenvalue weighted by Gasteiger charge is 2.30. The van der Waals surface area contributed by atoms with E-state index in [0.29, 0.717) is 6.07 Å². The lowest BCUT2D eigenvalue weighted by molar-refractivity contribution is -0.394. The number of carbonyl (C=O) groups is 1. The number of hydrogen-bond donors (Lipinski definition) is 1. The Morgan fingerprint density at radius 3 is 2.36 bits per heavy atom. The highest BCUT2D eigenvalue weighted by Crippen LogP contribution is 2.43. The first-order valence-electron chi connectivity index (χ1n) is 7.83. The van der Waals surface area contributed by atoms with Crippen molar-refractivity contribution in [1.82, 2.24) is 5.09 Å². The van der Waals surface area contributed by atoms with Crippen LogP contribution in [0.15, 0.2) is 18.2 Å². The molecule has 1 unspecified atom stereocenters. The normalized spacial score (nSPS) is 14.2. The monoisotopic (exact) mass is 421 g/mol. The smallest absolute Gasteiger partial charge is 0.408 e. The topological polar surface area (TPSA) is 169 Å². The van der Waals surface area contributed by atoms with Crippen LogP contribution in [0, 0.1) is 20.2 Å². The molecule has 1 N–H and O–H groups in total. The number of rotatable bonds is 11. The van der Waals surface area contributed by atoms with Gasteiger partial charge < -0.3 is 14.0 Å². The molecule has 14 heteroatoms. The molecule has 2 atom stereocenters. The van der Waals surface area contributed by atoms with Crippen molar-refractivity contribution in [1.29, 1.82) is 0 Å². The van der Waals surface area contributed by atoms with E-state index >= 15 is 0 Å². The van der Waals surface area contributed by atoms with Gasteiger partial charge >= 0.3 is 19.4 Å². The van der Waals surface area contributed by atoms with Crippen molar-refractivity contribution >= 4 is 25.1 Å². The number of nitro benzene ring substituents is 2. The van der Waals surface area contributed by atoms with E-state index in [-0.39, 0.29) is 11.9 Å². The fourth-order valence-corrected chi connectivity index (χ4v) is 2.87. The Morgan fingerprint density at radius 1 is 1.21 bits per heavy atom. The van der Waals surface area contributed by atoms with Crippen molar-refractivity contribution < 1.29 is 37.7 Å². The number of ether oxygens (including phenoxy) is 2. The number of nitrogens with one attached hydrogen (secondary N) is 1. The van der Waals surface area contributed by atoms with E-state index < -0.39 is 47.8 Å². The van der Waals surface area contributed by atoms with Gasteiger partial charge in [-0.1, -0.05) is 0 Å². The predicted molar refractivity (Wildman–Crippen MR) is 94.8 cm³/mol. The van der Waals surface area contributed by atoms with Gasteiger partial charge in [-0.15, -0.1) is 0 Å². The highest BCUT2D eigenvalue weighted by atomic mass is 31.2. The molecule has 0 saturated carbocycles. The van der Waals surface area contributed by atoms with E-state index in [4.69, 9.17) is 18.5 Å². The molecular weight excluding hydrogens is 401 g/mol. The van der Waals surface area contributed by atoms with Gasteiger partial charge in [-0.3, -0.25) is 29.5 Å². The molecule has 1 rings (SSSR count). The lowest BCUT2D eigenvalue weighted by atomic mass is 10.2. The van der Waals surface area contributed by atoms with Crippen molar-refractivity contribution in [2.75, 3.05) is 13.9 Å². The molecule has 0 aromatic heterocycles. The molecule has 0 amide bonds. The average Bonchev–Trinajstić information content (AvgIpc) is 2.60. The molecule has 0 spiro atoms. The first-order chi connectivity index (χ1) is 13.0. The second-order valence-electron chi connectivity index (χ2n) is 5.57. The summed E-state index contributed by atoms with van der Waals surface area (Å²) < 4.78 is 32.2. The minimum Gasteiger partial charge on any atom is -0.462 e. The number of esters is 1. The van der Waals surface area contributed by atoms with E-state index in [9.17, 15) is 29.6 Å². The highest BCUT2D eigenvalue weighted by molar-refractivity contribution is 7.51. The maximum atomic E-state index is 12.5. The summed E-state index contributed by atoms with van der Waals surface area (Å²) in [5, 5.41) is 24.1. The van der Waals surface area contributed by atoms with Crippen LogP contribution in [0.25, 0.3) is 0 Å². The molecule has 0 bridgehead atoms. The Morgan fingerprint density at radius 2 is 1.86 bits per heavy atom. The Bertz CT molecular complexity index is 785. The fourth-order valence-electron chi connectivity index (χ4n) is 1.81. The van der Waals surface area contributed by atoms with E-state index in [0.717, 1.165) is 19.2 Å². The quantitative estimate of drug-likeness (QED) is 0.183. The molecule has 0 fully saturated rings. The van der Waals surface area contributed by atoms with Gasteiger partial charge in [-0.25, -0.2) is 9.65 Å². The van der Waals surface area contributed by atoms with Crippen LogP contribution in [-0.2, 0) is 23.1 Å². The third-order valence-corrected chi connectivity index (χ3v) is 4.71. The van der Waals surface area contributed by atoms with E-state index in [1.165, 1.54) is 6.92 Å². The Labute approximate surface area is 159 Å². The van der Waals surface area contributed by atoms with Crippen molar-refractivity contribution in [3.8, 4) is 5.75 Å². The minimum absolute atomic E-state index is 0.342. The number of nitro groups is 2. The molecule has 1 aromatic rings. The first-order valence-corrected chi connectivity index (χ1v) is 9.37. The van der Waals surface area contributed by atoms with Crippen molar-refractivity contribution in [2.45, 2.75) is 32.9 Å². The first kappa shape index (κ1) is 23.4. The molecule has 28 heavy (non-hydrogen) atoms. The number of carbonyl (C=O) groups excluding carboxylic acids is 1. The van der Waals surface area contributed by atoms with Crippen molar-refractivity contribution in [3.63, 3.8) is 0 Å². The number of hydrogen-bond acceptors (Lipinski definition) is 10. The summed E-state index contributed by atoms with van der Waals surface area (Å²) in [5.74, 6) is -1.03. The van der Waals surface area contributed by atoms with Crippen LogP contribution in [0.1, 0.15) is 20.8 Å². The van der Waals surface area contributed by atoms with Crippen LogP contribution >= 0.6 is 7.75 Å². The molecule has 0 heterocycles. The Hall–Kier alpha value is -2.60. The SMILES string of the molecule is COP(=O)(N[C@@H](C)C(=O)OC(C)C)OCOc1ccc([N+](=O)[O-])cc1[N+](=O)[O-]. The van der Waals surface area contributed by atoms with Gasteiger partial charge in [0.25, 0.3) is 5.69 Å². The number of benzene rings is 1. The summed E-state index contributed by atoms with van der Waals surface area (Å²) in [4.78, 5) is 31.9. The summed E-state index contributed by atoms with van der Waals surface area (Å²) >= 11 is 0. The van der Waals surface area contributed by atoms with Crippen LogP contribution in [-0.4, -0.2) is 41.9 Å². The Kier molecular flexibility index (Phi) is 8.44. The summed E-state index contributed by atoms with van der Waals surface area (Å²) in [6, 6.07) is 1.68. The maximum Gasteiger partial charge on any atom is 0.408 e. The predicted octanol–water partition coefficient (Wildman–Crippen LogP) is 2.54. The third kappa shape index (κ3) is 6.85. The number of non-ortho nitro benzene ring substituents is 1. The summed E-state index contributed by atoms with van der Waals surface area (Å²) in [6.07, 6.45) is -0.384. The van der Waals surface area contributed by atoms with Gasteiger partial charge in [0.2, 0.25) is 0 Å². The molecule has 156 valence electrons. The van der Waals surface area contributed by atoms with Gasteiger partial charge in [-0.05, 0) is 26.8 Å². The zero-order chi connectivity index (χ0) is 21.5. The molecule has 13 nitrogen and oxygen atoms in total. The van der Waals surface area contributed by atoms with Gasteiger partial charge in [-0.2, -0.15) is 0 Å². The van der Waals surface area contributed by atoms with Crippen LogP contribution in [0.2, 0.25) is 0 Å². The standard InChI is InChI=1S/C14H20N3O10P/c1-9(2)27-14(18)10(3)15-28(23,24-4)26-8-25-13-6-5-11(16(19)20)7-12(13)17(21)22/h5-7,9-10H,8H2,1-4H3,(H,15,23)/t10-,28?/m0/s1. The maximum absolute atomic E-state index is 12.5. The third-order valence-electron chi connectivity index (χ3n) is 3.08. The summed E-state index contributed by atoms with van der Waals surface area (Å²) in [6.45, 7) is 3.90. The molecule has 0 saturated heterocycles. The van der Waals surface area contributed by atoms with E-state index in [1.807, 2.05) is 0 Å². The molecule has 0 radical (unpaired) electrons. The van der Waals surface area contributed by atoms with Gasteiger partial charge in [0.1, 0.15) is 6.04 Å². The fraction of sp³-hybridized carbons (Fsp3) is 0.500. The lowest BCUT2D eigenvalue weighted by Gasteiger charge is -2.21. The molecule has 0 aliphatic carbocycles. The van der Waals surface area contributed by atoms with Gasteiger partial charge in [0.15, 0.2) is 12.5 Å². The lowest BCUT2D eigenvalue weighted by Crippen LogP contribution is -2.35. The van der Waals surface area contributed by atoms with Crippen molar-refractivity contribution in [3.05, 3.63) is 38.4 Å². The zero-order valence-electron chi connectivity index (χ0n) is 15.5. The largest absolute Gasteiger partial charge is 0.462 e. The summed E-state index contributed by atoms with van der Waals surface area (Å²) in [5.41, 5.74) is -1.17. The zero-order valence-corrected chi connectivity index (χ0v) is 16.4. The van der Waals surface area contributed by atoms with Crippen molar-refractivity contribution in [2.24, 2.45) is 0 Å². The molecule has 1 aromatic carbocycles. The molecular formula is C14H20N3O10P. The van der Waals surface area contributed by atoms with Crippen LogP contribution in [0.3, 0.4) is 0 Å². The van der Waals surface area contributed by atoms with Gasteiger partial charge in [0.05, 0.1) is 22.0 Å². The number of nitrogens with zero attached hydrogens (tertiary/aromatic N) is 2. The molecule has 0 aliphatic heterocycles. The second kappa shape index (κ2) is 10.1. The van der Waals surface area contributed by atoms with Gasteiger partial charge in [0, 0.05) is 13.2 Å². The summed E-state index contributed by atoms with van der Waals surface area (Å²) in [7, 11) is -2.95. The van der Waals surface area contributed by atoms with Crippen LogP contribution < -0.4 is 9.82 Å². The Balaban J connectivity index is 2.79. The molecule has 0 aliphatic rings. The van der Waals surface area contributed by atoms with Crippen LogP contribution in [0.4, 0.5) is 11.4 Å². The van der Waals surface area contributed by atoms with E-state index in [1.54, 1.807) is 13.8 Å². The minimum atomic E-state index is -4.01. The second-order valence-corrected chi connectivity index (χ2v) is 7.45.